The number of halogens is 1. The lowest BCUT2D eigenvalue weighted by Crippen LogP contribution is -2.32. The SMILES string of the molecule is CC(Sc1ccc(Cl)cc1)C(=O)NCCSCc1ccccc1C#N. The summed E-state index contributed by atoms with van der Waals surface area (Å²) in [6.45, 7) is 2.51. The van der Waals surface area contributed by atoms with Crippen LogP contribution in [0.1, 0.15) is 18.1 Å². The zero-order valence-electron chi connectivity index (χ0n) is 13.9. The molecule has 0 saturated carbocycles. The van der Waals surface area contributed by atoms with E-state index in [9.17, 15) is 4.79 Å². The molecule has 2 rings (SSSR count). The molecule has 0 spiro atoms. The highest BCUT2D eigenvalue weighted by Crippen LogP contribution is 2.24. The Hall–Kier alpha value is -1.61. The lowest BCUT2D eigenvalue weighted by molar-refractivity contribution is -0.120. The van der Waals surface area contributed by atoms with Gasteiger partial charge in [-0.1, -0.05) is 29.8 Å². The Kier molecular flexibility index (Phi) is 8.20. The van der Waals surface area contributed by atoms with Gasteiger partial charge in [0.1, 0.15) is 0 Å². The minimum absolute atomic E-state index is 0.0259. The van der Waals surface area contributed by atoms with Crippen LogP contribution < -0.4 is 5.32 Å². The summed E-state index contributed by atoms with van der Waals surface area (Å²) in [5, 5.41) is 12.6. The molecule has 1 amide bonds. The molecular weight excluding hydrogens is 372 g/mol. The molecule has 0 aliphatic carbocycles. The average molecular weight is 391 g/mol. The highest BCUT2D eigenvalue weighted by atomic mass is 35.5. The van der Waals surface area contributed by atoms with Crippen molar-refractivity contribution in [2.45, 2.75) is 22.8 Å². The molecule has 0 fully saturated rings. The number of amides is 1. The van der Waals surface area contributed by atoms with Gasteiger partial charge < -0.3 is 5.32 Å². The molecule has 130 valence electrons. The Balaban J connectivity index is 1.68. The van der Waals surface area contributed by atoms with Crippen LogP contribution in [0.5, 0.6) is 0 Å². The molecular formula is C19H19ClN2OS2. The molecule has 3 nitrogen and oxygen atoms in total. The summed E-state index contributed by atoms with van der Waals surface area (Å²) in [5.41, 5.74) is 1.75. The monoisotopic (exact) mass is 390 g/mol. The minimum atomic E-state index is -0.162. The minimum Gasteiger partial charge on any atom is -0.354 e. The van der Waals surface area contributed by atoms with Gasteiger partial charge in [-0.25, -0.2) is 0 Å². The van der Waals surface area contributed by atoms with Gasteiger partial charge in [-0.05, 0) is 42.8 Å². The van der Waals surface area contributed by atoms with Crippen LogP contribution in [0.15, 0.2) is 53.4 Å². The number of carbonyl (C=O) groups excluding carboxylic acids is 1. The van der Waals surface area contributed by atoms with E-state index in [1.165, 1.54) is 11.8 Å². The first kappa shape index (κ1) is 19.7. The third-order valence-corrected chi connectivity index (χ3v) is 5.81. The smallest absolute Gasteiger partial charge is 0.233 e. The average Bonchev–Trinajstić information content (AvgIpc) is 2.63. The van der Waals surface area contributed by atoms with Crippen molar-refractivity contribution in [2.24, 2.45) is 0 Å². The van der Waals surface area contributed by atoms with Crippen molar-refractivity contribution in [3.63, 3.8) is 0 Å². The molecule has 0 saturated heterocycles. The van der Waals surface area contributed by atoms with Gasteiger partial charge in [0, 0.05) is 28.0 Å². The Bertz CT molecular complexity index is 744. The van der Waals surface area contributed by atoms with Gasteiger partial charge in [-0.15, -0.1) is 11.8 Å². The second-order valence-electron chi connectivity index (χ2n) is 5.33. The molecule has 25 heavy (non-hydrogen) atoms. The third kappa shape index (κ3) is 6.66. The zero-order chi connectivity index (χ0) is 18.1. The number of rotatable bonds is 8. The first-order valence-electron chi connectivity index (χ1n) is 7.86. The number of nitriles is 1. The van der Waals surface area contributed by atoms with E-state index in [4.69, 9.17) is 16.9 Å². The topological polar surface area (TPSA) is 52.9 Å². The van der Waals surface area contributed by atoms with E-state index in [2.05, 4.69) is 11.4 Å². The Labute approximate surface area is 162 Å². The summed E-state index contributed by atoms with van der Waals surface area (Å²) in [6, 6.07) is 17.3. The van der Waals surface area contributed by atoms with E-state index in [1.807, 2.05) is 55.5 Å². The predicted molar refractivity (Wildman–Crippen MR) is 107 cm³/mol. The highest BCUT2D eigenvalue weighted by molar-refractivity contribution is 8.00. The van der Waals surface area contributed by atoms with Crippen molar-refractivity contribution in [3.05, 3.63) is 64.7 Å². The largest absolute Gasteiger partial charge is 0.354 e. The van der Waals surface area contributed by atoms with Crippen molar-refractivity contribution in [2.75, 3.05) is 12.3 Å². The van der Waals surface area contributed by atoms with E-state index in [1.54, 1.807) is 11.8 Å². The first-order chi connectivity index (χ1) is 12.1. The van der Waals surface area contributed by atoms with Gasteiger partial charge in [0.15, 0.2) is 0 Å². The maximum absolute atomic E-state index is 12.1. The van der Waals surface area contributed by atoms with Crippen molar-refractivity contribution in [1.82, 2.24) is 5.32 Å². The number of hydrogen-bond acceptors (Lipinski definition) is 4. The second kappa shape index (κ2) is 10.4. The molecule has 2 aromatic rings. The molecule has 1 N–H and O–H groups in total. The van der Waals surface area contributed by atoms with Gasteiger partial charge in [0.2, 0.25) is 5.91 Å². The number of carbonyl (C=O) groups is 1. The standard InChI is InChI=1S/C19H19ClN2OS2/c1-14(25-18-8-6-17(20)7-9-18)19(23)22-10-11-24-13-16-5-3-2-4-15(16)12-21/h2-9,14H,10-11,13H2,1H3,(H,22,23). The molecule has 1 unspecified atom stereocenters. The maximum atomic E-state index is 12.1. The van der Waals surface area contributed by atoms with Crippen LogP contribution in [0.3, 0.4) is 0 Å². The molecule has 2 aromatic carbocycles. The first-order valence-corrected chi connectivity index (χ1v) is 10.3. The normalized spacial score (nSPS) is 11.6. The highest BCUT2D eigenvalue weighted by Gasteiger charge is 2.13. The van der Waals surface area contributed by atoms with E-state index in [-0.39, 0.29) is 11.2 Å². The van der Waals surface area contributed by atoms with Crippen LogP contribution >= 0.6 is 35.1 Å². The van der Waals surface area contributed by atoms with Gasteiger partial charge in [0.05, 0.1) is 16.9 Å². The Morgan fingerprint density at radius 2 is 1.96 bits per heavy atom. The summed E-state index contributed by atoms with van der Waals surface area (Å²) in [6.07, 6.45) is 0. The van der Waals surface area contributed by atoms with Crippen LogP contribution in [0.2, 0.25) is 5.02 Å². The van der Waals surface area contributed by atoms with Gasteiger partial charge in [0.25, 0.3) is 0 Å². The fraction of sp³-hybridized carbons (Fsp3) is 0.263. The van der Waals surface area contributed by atoms with Crippen LogP contribution in [-0.2, 0) is 10.5 Å². The molecule has 0 aliphatic heterocycles. The van der Waals surface area contributed by atoms with E-state index in [0.29, 0.717) is 17.1 Å². The Morgan fingerprint density at radius 1 is 1.24 bits per heavy atom. The van der Waals surface area contributed by atoms with E-state index < -0.39 is 0 Å². The van der Waals surface area contributed by atoms with Gasteiger partial charge in [-0.2, -0.15) is 17.0 Å². The summed E-state index contributed by atoms with van der Waals surface area (Å²) in [4.78, 5) is 13.2. The fourth-order valence-electron chi connectivity index (χ4n) is 2.10. The molecule has 0 aromatic heterocycles. The van der Waals surface area contributed by atoms with Crippen LogP contribution in [0, 0.1) is 11.3 Å². The number of nitrogens with one attached hydrogen (secondary N) is 1. The Morgan fingerprint density at radius 3 is 2.68 bits per heavy atom. The maximum Gasteiger partial charge on any atom is 0.233 e. The number of hydrogen-bond donors (Lipinski definition) is 1. The van der Waals surface area contributed by atoms with Gasteiger partial charge >= 0.3 is 0 Å². The van der Waals surface area contributed by atoms with Crippen molar-refractivity contribution in [3.8, 4) is 6.07 Å². The molecule has 0 heterocycles. The number of nitrogens with zero attached hydrogens (tertiary/aromatic N) is 1. The van der Waals surface area contributed by atoms with E-state index in [0.717, 1.165) is 22.0 Å². The zero-order valence-corrected chi connectivity index (χ0v) is 16.3. The van der Waals surface area contributed by atoms with Crippen LogP contribution in [-0.4, -0.2) is 23.5 Å². The van der Waals surface area contributed by atoms with Crippen molar-refractivity contribution < 1.29 is 4.79 Å². The van der Waals surface area contributed by atoms with Crippen LogP contribution in [0.4, 0.5) is 0 Å². The summed E-state index contributed by atoms with van der Waals surface area (Å²) < 4.78 is 0. The van der Waals surface area contributed by atoms with E-state index >= 15 is 0 Å². The molecule has 0 bridgehead atoms. The summed E-state index contributed by atoms with van der Waals surface area (Å²) in [7, 11) is 0. The van der Waals surface area contributed by atoms with Crippen molar-refractivity contribution in [1.29, 1.82) is 5.26 Å². The third-order valence-electron chi connectivity index (χ3n) is 3.44. The van der Waals surface area contributed by atoms with Crippen molar-refractivity contribution >= 4 is 41.0 Å². The lowest BCUT2D eigenvalue weighted by Gasteiger charge is -2.12. The summed E-state index contributed by atoms with van der Waals surface area (Å²) in [5.74, 6) is 1.61. The fourth-order valence-corrected chi connectivity index (χ4v) is 3.98. The molecule has 1 atom stereocenters. The number of thioether (sulfide) groups is 2. The van der Waals surface area contributed by atoms with Gasteiger partial charge in [-0.3, -0.25) is 4.79 Å². The molecule has 0 radical (unpaired) electrons. The van der Waals surface area contributed by atoms with Crippen LogP contribution in [0.25, 0.3) is 0 Å². The number of benzene rings is 2. The second-order valence-corrected chi connectivity index (χ2v) is 8.28. The molecule has 0 aliphatic rings. The predicted octanol–water partition coefficient (Wildman–Crippen LogP) is 4.74. The quantitative estimate of drug-likeness (QED) is 0.522. The molecule has 6 heteroatoms. The summed E-state index contributed by atoms with van der Waals surface area (Å²) >= 11 is 9.08. The lowest BCUT2D eigenvalue weighted by atomic mass is 10.1.